The van der Waals surface area contributed by atoms with E-state index in [1.54, 1.807) is 18.2 Å². The number of fused-ring (bicyclic) bond motifs is 1. The Morgan fingerprint density at radius 2 is 1.78 bits per heavy atom. The molecule has 0 aromatic heterocycles. The number of ether oxygens (including phenoxy) is 1. The van der Waals surface area contributed by atoms with E-state index in [1.165, 1.54) is 24.0 Å². The van der Waals surface area contributed by atoms with Gasteiger partial charge in [-0.3, -0.25) is 4.79 Å². The standard InChI is InChI=1S/C18H17Cl2NO2/c19-16-8-6-14(10-17(16)20)21-18(22)11-23-15-7-5-12-3-1-2-4-13(12)9-15/h5-10H,1-4,11H2,(H,21,22). The summed E-state index contributed by atoms with van der Waals surface area (Å²) in [5.41, 5.74) is 3.32. The van der Waals surface area contributed by atoms with Gasteiger partial charge in [0.2, 0.25) is 0 Å². The number of anilines is 1. The summed E-state index contributed by atoms with van der Waals surface area (Å²) < 4.78 is 5.59. The number of amides is 1. The van der Waals surface area contributed by atoms with Gasteiger partial charge >= 0.3 is 0 Å². The van der Waals surface area contributed by atoms with E-state index in [-0.39, 0.29) is 12.5 Å². The van der Waals surface area contributed by atoms with E-state index in [0.29, 0.717) is 15.7 Å². The van der Waals surface area contributed by atoms with Crippen molar-refractivity contribution < 1.29 is 9.53 Å². The van der Waals surface area contributed by atoms with Crippen molar-refractivity contribution >= 4 is 34.8 Å². The zero-order chi connectivity index (χ0) is 16.2. The van der Waals surface area contributed by atoms with Gasteiger partial charge in [0.25, 0.3) is 5.91 Å². The second-order valence-electron chi connectivity index (χ2n) is 5.60. The van der Waals surface area contributed by atoms with Crippen LogP contribution in [0.4, 0.5) is 5.69 Å². The van der Waals surface area contributed by atoms with Crippen molar-refractivity contribution in [3.63, 3.8) is 0 Å². The number of rotatable bonds is 4. The van der Waals surface area contributed by atoms with Crippen LogP contribution in [-0.2, 0) is 17.6 Å². The van der Waals surface area contributed by atoms with E-state index in [2.05, 4.69) is 11.4 Å². The first-order valence-corrected chi connectivity index (χ1v) is 8.37. The van der Waals surface area contributed by atoms with Gasteiger partial charge in [-0.2, -0.15) is 0 Å². The first-order chi connectivity index (χ1) is 11.1. The molecule has 0 saturated heterocycles. The van der Waals surface area contributed by atoms with Gasteiger partial charge in [-0.25, -0.2) is 0 Å². The molecule has 2 aromatic carbocycles. The van der Waals surface area contributed by atoms with Crippen LogP contribution in [0.1, 0.15) is 24.0 Å². The van der Waals surface area contributed by atoms with E-state index in [1.807, 2.05) is 12.1 Å². The van der Waals surface area contributed by atoms with E-state index < -0.39 is 0 Å². The van der Waals surface area contributed by atoms with Crippen LogP contribution in [0.3, 0.4) is 0 Å². The molecule has 0 spiro atoms. The molecular formula is C18H17Cl2NO2. The topological polar surface area (TPSA) is 38.3 Å². The average molecular weight is 350 g/mol. The highest BCUT2D eigenvalue weighted by atomic mass is 35.5. The van der Waals surface area contributed by atoms with E-state index in [0.717, 1.165) is 18.6 Å². The van der Waals surface area contributed by atoms with Crippen LogP contribution < -0.4 is 10.1 Å². The smallest absolute Gasteiger partial charge is 0.262 e. The second kappa shape index (κ2) is 7.24. The third kappa shape index (κ3) is 4.18. The molecule has 1 amide bonds. The molecule has 2 aromatic rings. The lowest BCUT2D eigenvalue weighted by Gasteiger charge is -2.16. The maximum absolute atomic E-state index is 12.0. The molecule has 23 heavy (non-hydrogen) atoms. The van der Waals surface area contributed by atoms with Crippen molar-refractivity contribution in [2.24, 2.45) is 0 Å². The van der Waals surface area contributed by atoms with Crippen LogP contribution >= 0.6 is 23.2 Å². The molecule has 1 aliphatic carbocycles. The number of hydrogen-bond acceptors (Lipinski definition) is 2. The average Bonchev–Trinajstić information content (AvgIpc) is 2.56. The van der Waals surface area contributed by atoms with Crippen LogP contribution in [-0.4, -0.2) is 12.5 Å². The van der Waals surface area contributed by atoms with Crippen LogP contribution in [0.2, 0.25) is 10.0 Å². The number of carbonyl (C=O) groups excluding carboxylic acids is 1. The molecule has 3 nitrogen and oxygen atoms in total. The van der Waals surface area contributed by atoms with E-state index >= 15 is 0 Å². The molecule has 0 radical (unpaired) electrons. The molecule has 0 bridgehead atoms. The van der Waals surface area contributed by atoms with Gasteiger partial charge in [-0.1, -0.05) is 29.3 Å². The zero-order valence-corrected chi connectivity index (χ0v) is 14.1. The van der Waals surface area contributed by atoms with E-state index in [4.69, 9.17) is 27.9 Å². The maximum Gasteiger partial charge on any atom is 0.262 e. The number of hydrogen-bond donors (Lipinski definition) is 1. The molecule has 0 saturated carbocycles. The molecule has 1 N–H and O–H groups in total. The number of benzene rings is 2. The molecule has 5 heteroatoms. The van der Waals surface area contributed by atoms with Crippen molar-refractivity contribution in [2.45, 2.75) is 25.7 Å². The minimum atomic E-state index is -0.235. The quantitative estimate of drug-likeness (QED) is 0.853. The minimum absolute atomic E-state index is 0.0426. The van der Waals surface area contributed by atoms with Crippen molar-refractivity contribution in [3.05, 3.63) is 57.6 Å². The monoisotopic (exact) mass is 349 g/mol. The molecule has 0 fully saturated rings. The molecule has 0 aliphatic heterocycles. The second-order valence-corrected chi connectivity index (χ2v) is 6.42. The Hall–Kier alpha value is -1.71. The minimum Gasteiger partial charge on any atom is -0.484 e. The van der Waals surface area contributed by atoms with Gasteiger partial charge < -0.3 is 10.1 Å². The van der Waals surface area contributed by atoms with Crippen LogP contribution in [0.15, 0.2) is 36.4 Å². The van der Waals surface area contributed by atoms with Crippen LogP contribution in [0.25, 0.3) is 0 Å². The number of aryl methyl sites for hydroxylation is 2. The molecule has 0 heterocycles. The molecule has 120 valence electrons. The first kappa shape index (κ1) is 16.2. The molecule has 0 atom stereocenters. The highest BCUT2D eigenvalue weighted by Crippen LogP contribution is 2.26. The molecule has 3 rings (SSSR count). The first-order valence-electron chi connectivity index (χ1n) is 7.61. The van der Waals surface area contributed by atoms with Crippen molar-refractivity contribution in [1.29, 1.82) is 0 Å². The fourth-order valence-electron chi connectivity index (χ4n) is 2.72. The van der Waals surface area contributed by atoms with Gasteiger partial charge in [-0.05, 0) is 67.1 Å². The fourth-order valence-corrected chi connectivity index (χ4v) is 3.02. The lowest BCUT2D eigenvalue weighted by molar-refractivity contribution is -0.118. The Balaban J connectivity index is 1.57. The predicted octanol–water partition coefficient (Wildman–Crippen LogP) is 4.89. The third-order valence-electron chi connectivity index (χ3n) is 3.89. The summed E-state index contributed by atoms with van der Waals surface area (Å²) >= 11 is 11.8. The van der Waals surface area contributed by atoms with Crippen molar-refractivity contribution in [2.75, 3.05) is 11.9 Å². The number of halogens is 2. The van der Waals surface area contributed by atoms with Gasteiger partial charge in [0.15, 0.2) is 6.61 Å². The Morgan fingerprint density at radius 3 is 2.57 bits per heavy atom. The van der Waals surface area contributed by atoms with Gasteiger partial charge in [0.05, 0.1) is 10.0 Å². The largest absolute Gasteiger partial charge is 0.484 e. The fraction of sp³-hybridized carbons (Fsp3) is 0.278. The summed E-state index contributed by atoms with van der Waals surface area (Å²) in [7, 11) is 0. The third-order valence-corrected chi connectivity index (χ3v) is 4.63. The lowest BCUT2D eigenvalue weighted by Crippen LogP contribution is -2.20. The van der Waals surface area contributed by atoms with Crippen molar-refractivity contribution in [1.82, 2.24) is 0 Å². The van der Waals surface area contributed by atoms with Crippen LogP contribution in [0.5, 0.6) is 5.75 Å². The zero-order valence-electron chi connectivity index (χ0n) is 12.6. The Kier molecular flexibility index (Phi) is 5.09. The highest BCUT2D eigenvalue weighted by Gasteiger charge is 2.11. The van der Waals surface area contributed by atoms with Crippen LogP contribution in [0, 0.1) is 0 Å². The van der Waals surface area contributed by atoms with Crippen molar-refractivity contribution in [3.8, 4) is 5.75 Å². The summed E-state index contributed by atoms with van der Waals surface area (Å²) in [4.78, 5) is 12.0. The molecule has 0 unspecified atom stereocenters. The Morgan fingerprint density at radius 1 is 1.00 bits per heavy atom. The summed E-state index contributed by atoms with van der Waals surface area (Å²) in [6.45, 7) is -0.0426. The molecule has 1 aliphatic rings. The molecular weight excluding hydrogens is 333 g/mol. The summed E-state index contributed by atoms with van der Waals surface area (Å²) in [5.74, 6) is 0.496. The summed E-state index contributed by atoms with van der Waals surface area (Å²) in [5, 5.41) is 3.59. The lowest BCUT2D eigenvalue weighted by atomic mass is 9.92. The summed E-state index contributed by atoms with van der Waals surface area (Å²) in [6, 6.07) is 11.0. The number of carbonyl (C=O) groups is 1. The Labute approximate surface area is 145 Å². The highest BCUT2D eigenvalue weighted by molar-refractivity contribution is 6.42. The van der Waals surface area contributed by atoms with Gasteiger partial charge in [-0.15, -0.1) is 0 Å². The predicted molar refractivity (Wildman–Crippen MR) is 93.7 cm³/mol. The van der Waals surface area contributed by atoms with E-state index in [9.17, 15) is 4.79 Å². The number of nitrogens with one attached hydrogen (secondary N) is 1. The van der Waals surface area contributed by atoms with Gasteiger partial charge in [0, 0.05) is 5.69 Å². The summed E-state index contributed by atoms with van der Waals surface area (Å²) in [6.07, 6.45) is 4.68. The Bertz CT molecular complexity index is 731. The van der Waals surface area contributed by atoms with Gasteiger partial charge in [0.1, 0.15) is 5.75 Å². The normalized spacial score (nSPS) is 13.3. The SMILES string of the molecule is O=C(COc1ccc2c(c1)CCCC2)Nc1ccc(Cl)c(Cl)c1. The maximum atomic E-state index is 12.0.